The number of carbonyl (C=O) groups is 1. The van der Waals surface area contributed by atoms with Crippen molar-refractivity contribution in [3.63, 3.8) is 0 Å². The molecule has 23 heavy (non-hydrogen) atoms. The number of hydrogen-bond acceptors (Lipinski definition) is 2. The second-order valence-corrected chi connectivity index (χ2v) is 6.07. The minimum atomic E-state index is 0. The zero-order chi connectivity index (χ0) is 15.7. The summed E-state index contributed by atoms with van der Waals surface area (Å²) in [6.07, 6.45) is 2.04. The molecule has 1 aliphatic heterocycles. The summed E-state index contributed by atoms with van der Waals surface area (Å²) in [4.78, 5) is 14.7. The minimum Gasteiger partial charge on any atom is -0.385 e. The number of fused-ring (bicyclic) bond motifs is 1. The molecule has 4 heteroatoms. The van der Waals surface area contributed by atoms with Gasteiger partial charge >= 0.3 is 0 Å². The molecule has 3 rings (SSSR count). The first kappa shape index (κ1) is 17.4. The Bertz CT molecular complexity index is 707. The molecule has 0 saturated carbocycles. The van der Waals surface area contributed by atoms with E-state index in [-0.39, 0.29) is 18.3 Å². The first-order chi connectivity index (χ1) is 10.6. The van der Waals surface area contributed by atoms with E-state index in [2.05, 4.69) is 43.4 Å². The van der Waals surface area contributed by atoms with Crippen molar-refractivity contribution >= 4 is 29.7 Å². The molecule has 2 aromatic carbocycles. The summed E-state index contributed by atoms with van der Waals surface area (Å²) in [6.45, 7) is 5.10. The Labute approximate surface area is 144 Å². The fourth-order valence-corrected chi connectivity index (χ4v) is 3.15. The average Bonchev–Trinajstić information content (AvgIpc) is 2.52. The van der Waals surface area contributed by atoms with E-state index in [9.17, 15) is 4.79 Å². The smallest absolute Gasteiger partial charge is 0.258 e. The molecule has 0 aromatic heterocycles. The van der Waals surface area contributed by atoms with Crippen molar-refractivity contribution in [2.75, 3.05) is 23.8 Å². The average molecular weight is 331 g/mol. The van der Waals surface area contributed by atoms with Crippen LogP contribution < -0.4 is 10.2 Å². The number of carbonyl (C=O) groups excluding carboxylic acids is 1. The van der Waals surface area contributed by atoms with E-state index >= 15 is 0 Å². The molecular weight excluding hydrogens is 308 g/mol. The number of amides is 1. The van der Waals surface area contributed by atoms with Gasteiger partial charge in [0.25, 0.3) is 5.91 Å². The third-order valence-corrected chi connectivity index (χ3v) is 4.22. The number of anilines is 2. The first-order valence-corrected chi connectivity index (χ1v) is 7.78. The van der Waals surface area contributed by atoms with Crippen molar-refractivity contribution in [1.29, 1.82) is 0 Å². The molecule has 0 aliphatic carbocycles. The molecule has 0 bridgehead atoms. The summed E-state index contributed by atoms with van der Waals surface area (Å²) in [5.41, 5.74) is 6.36. The molecule has 0 radical (unpaired) electrons. The van der Waals surface area contributed by atoms with Gasteiger partial charge in [0.15, 0.2) is 0 Å². The summed E-state index contributed by atoms with van der Waals surface area (Å²) in [5.74, 6) is 0.0607. The van der Waals surface area contributed by atoms with Gasteiger partial charge in [-0.2, -0.15) is 0 Å². The number of nitrogens with one attached hydrogen (secondary N) is 1. The van der Waals surface area contributed by atoms with E-state index < -0.39 is 0 Å². The van der Waals surface area contributed by atoms with E-state index in [1.165, 1.54) is 11.1 Å². The number of halogens is 1. The molecule has 0 spiro atoms. The van der Waals surface area contributed by atoms with Crippen LogP contribution in [0.4, 0.5) is 11.4 Å². The van der Waals surface area contributed by atoms with Gasteiger partial charge in [0.05, 0.1) is 0 Å². The van der Waals surface area contributed by atoms with Crippen LogP contribution in [0, 0.1) is 13.8 Å². The SMILES string of the molecule is Cc1cc(C)cc(N(C)C(=O)c2cccc3c2CCCN3)c1.Cl. The highest BCUT2D eigenvalue weighted by Crippen LogP contribution is 2.27. The van der Waals surface area contributed by atoms with E-state index in [1.54, 1.807) is 4.90 Å². The first-order valence-electron chi connectivity index (χ1n) is 7.78. The number of aryl methyl sites for hydroxylation is 2. The molecule has 0 unspecified atom stereocenters. The quantitative estimate of drug-likeness (QED) is 0.887. The molecule has 0 saturated heterocycles. The van der Waals surface area contributed by atoms with E-state index in [0.29, 0.717) is 0 Å². The van der Waals surface area contributed by atoms with E-state index in [0.717, 1.165) is 41.9 Å². The van der Waals surface area contributed by atoms with Gasteiger partial charge in [0.2, 0.25) is 0 Å². The van der Waals surface area contributed by atoms with Crippen LogP contribution in [-0.4, -0.2) is 19.5 Å². The highest BCUT2D eigenvalue weighted by atomic mass is 35.5. The lowest BCUT2D eigenvalue weighted by molar-refractivity contribution is 0.0992. The second-order valence-electron chi connectivity index (χ2n) is 6.07. The summed E-state index contributed by atoms with van der Waals surface area (Å²) >= 11 is 0. The minimum absolute atomic E-state index is 0. The molecule has 3 nitrogen and oxygen atoms in total. The molecule has 1 N–H and O–H groups in total. The van der Waals surface area contributed by atoms with Gasteiger partial charge < -0.3 is 10.2 Å². The topological polar surface area (TPSA) is 32.3 Å². The zero-order valence-electron chi connectivity index (χ0n) is 13.8. The third kappa shape index (κ3) is 3.50. The van der Waals surface area contributed by atoms with Gasteiger partial charge in [0.1, 0.15) is 0 Å². The molecular formula is C19H23ClN2O. The Morgan fingerprint density at radius 1 is 1.13 bits per heavy atom. The summed E-state index contributed by atoms with van der Waals surface area (Å²) < 4.78 is 0. The maximum Gasteiger partial charge on any atom is 0.258 e. The third-order valence-electron chi connectivity index (χ3n) is 4.22. The lowest BCUT2D eigenvalue weighted by Gasteiger charge is -2.24. The van der Waals surface area contributed by atoms with Crippen LogP contribution in [0.1, 0.15) is 33.5 Å². The van der Waals surface area contributed by atoms with Gasteiger partial charge in [0, 0.05) is 30.5 Å². The van der Waals surface area contributed by atoms with Crippen molar-refractivity contribution in [2.45, 2.75) is 26.7 Å². The lowest BCUT2D eigenvalue weighted by Crippen LogP contribution is -2.28. The molecule has 2 aromatic rings. The Morgan fingerprint density at radius 2 is 1.83 bits per heavy atom. The van der Waals surface area contributed by atoms with Crippen LogP contribution in [0.25, 0.3) is 0 Å². The highest BCUT2D eigenvalue weighted by Gasteiger charge is 2.21. The number of benzene rings is 2. The van der Waals surface area contributed by atoms with E-state index in [4.69, 9.17) is 0 Å². The molecule has 1 heterocycles. The Kier molecular flexibility index (Phi) is 5.32. The summed E-state index contributed by atoms with van der Waals surface area (Å²) in [6, 6.07) is 12.2. The Morgan fingerprint density at radius 3 is 2.52 bits per heavy atom. The maximum atomic E-state index is 12.9. The number of rotatable bonds is 2. The highest BCUT2D eigenvalue weighted by molar-refractivity contribution is 6.07. The summed E-state index contributed by atoms with van der Waals surface area (Å²) in [5, 5.41) is 3.38. The maximum absolute atomic E-state index is 12.9. The fraction of sp³-hybridized carbons (Fsp3) is 0.316. The van der Waals surface area contributed by atoms with Gasteiger partial charge in [-0.25, -0.2) is 0 Å². The molecule has 122 valence electrons. The standard InChI is InChI=1S/C19H22N2O.ClH/c1-13-10-14(2)12-15(11-13)21(3)19(22)17-6-4-8-18-16(17)7-5-9-20-18;/h4,6,8,10-12,20H,5,7,9H2,1-3H3;1H. The van der Waals surface area contributed by atoms with Gasteiger partial charge in [-0.3, -0.25) is 4.79 Å². The number of hydrogen-bond donors (Lipinski definition) is 1. The normalized spacial score (nSPS) is 12.7. The van der Waals surface area contributed by atoms with Crippen LogP contribution in [-0.2, 0) is 6.42 Å². The van der Waals surface area contributed by atoms with Crippen molar-refractivity contribution in [3.8, 4) is 0 Å². The Hall–Kier alpha value is -2.00. The van der Waals surface area contributed by atoms with Crippen molar-refractivity contribution in [3.05, 3.63) is 58.7 Å². The predicted molar refractivity (Wildman–Crippen MR) is 99.2 cm³/mol. The van der Waals surface area contributed by atoms with Crippen molar-refractivity contribution < 1.29 is 4.79 Å². The predicted octanol–water partition coefficient (Wildman–Crippen LogP) is 4.36. The van der Waals surface area contributed by atoms with Crippen molar-refractivity contribution in [1.82, 2.24) is 0 Å². The van der Waals surface area contributed by atoms with Crippen molar-refractivity contribution in [2.24, 2.45) is 0 Å². The fourth-order valence-electron chi connectivity index (χ4n) is 3.15. The summed E-state index contributed by atoms with van der Waals surface area (Å²) in [7, 11) is 1.85. The largest absolute Gasteiger partial charge is 0.385 e. The second kappa shape index (κ2) is 7.05. The monoisotopic (exact) mass is 330 g/mol. The van der Waals surface area contributed by atoms with Crippen LogP contribution in [0.5, 0.6) is 0 Å². The van der Waals surface area contributed by atoms with Crippen LogP contribution in [0.15, 0.2) is 36.4 Å². The van der Waals surface area contributed by atoms with E-state index in [1.807, 2.05) is 19.2 Å². The zero-order valence-corrected chi connectivity index (χ0v) is 14.7. The molecule has 0 atom stereocenters. The molecule has 0 fully saturated rings. The van der Waals surface area contributed by atoms with Crippen LogP contribution in [0.2, 0.25) is 0 Å². The Balaban J connectivity index is 0.00000192. The van der Waals surface area contributed by atoms with Gasteiger partial charge in [-0.1, -0.05) is 12.1 Å². The van der Waals surface area contributed by atoms with Crippen LogP contribution in [0.3, 0.4) is 0 Å². The molecule has 1 aliphatic rings. The van der Waals surface area contributed by atoms with Gasteiger partial charge in [-0.15, -0.1) is 12.4 Å². The number of nitrogens with zero attached hydrogens (tertiary/aromatic N) is 1. The van der Waals surface area contributed by atoms with Crippen LogP contribution >= 0.6 is 12.4 Å². The molecule has 1 amide bonds. The van der Waals surface area contributed by atoms with Gasteiger partial charge in [-0.05, 0) is 67.6 Å². The lowest BCUT2D eigenvalue weighted by atomic mass is 9.96.